The van der Waals surface area contributed by atoms with Gasteiger partial charge in [0.1, 0.15) is 10.9 Å². The summed E-state index contributed by atoms with van der Waals surface area (Å²) in [6, 6.07) is 7.39. The van der Waals surface area contributed by atoms with Crippen molar-refractivity contribution in [3.05, 3.63) is 46.8 Å². The van der Waals surface area contributed by atoms with Crippen LogP contribution < -0.4 is 10.1 Å². The average Bonchev–Trinajstić information content (AvgIpc) is 2.85. The van der Waals surface area contributed by atoms with E-state index in [9.17, 15) is 4.79 Å². The highest BCUT2D eigenvalue weighted by atomic mass is 35.5. The van der Waals surface area contributed by atoms with Crippen molar-refractivity contribution in [3.8, 4) is 5.75 Å². The number of carbonyl (C=O) groups is 1. The fourth-order valence-corrected chi connectivity index (χ4v) is 2.77. The van der Waals surface area contributed by atoms with Crippen molar-refractivity contribution < 1.29 is 9.53 Å². The number of anilines is 1. The summed E-state index contributed by atoms with van der Waals surface area (Å²) in [6.07, 6.45) is 4.07. The molecule has 26 heavy (non-hydrogen) atoms. The number of benzene rings is 1. The lowest BCUT2D eigenvalue weighted by atomic mass is 10.2. The lowest BCUT2D eigenvalue weighted by Gasteiger charge is -2.10. The normalized spacial score (nSPS) is 11.3. The second-order valence-electron chi connectivity index (χ2n) is 6.53. The van der Waals surface area contributed by atoms with Gasteiger partial charge in [-0.1, -0.05) is 44.5 Å². The molecular formula is C20H26ClN3O2. The van der Waals surface area contributed by atoms with Gasteiger partial charge in [0.25, 0.3) is 0 Å². The zero-order chi connectivity index (χ0) is 19.1. The fraction of sp³-hybridized carbons (Fsp3) is 0.400. The zero-order valence-electron chi connectivity index (χ0n) is 15.8. The maximum Gasteiger partial charge on any atom is 0.248 e. The zero-order valence-corrected chi connectivity index (χ0v) is 16.5. The van der Waals surface area contributed by atoms with Crippen molar-refractivity contribution in [1.82, 2.24) is 9.78 Å². The van der Waals surface area contributed by atoms with Crippen LogP contribution in [-0.2, 0) is 11.3 Å². The number of amides is 1. The molecule has 1 N–H and O–H groups in total. The second-order valence-corrected chi connectivity index (χ2v) is 6.89. The Morgan fingerprint density at radius 3 is 2.81 bits per heavy atom. The van der Waals surface area contributed by atoms with E-state index in [1.165, 1.54) is 6.08 Å². The van der Waals surface area contributed by atoms with Crippen LogP contribution in [0.4, 0.5) is 5.69 Å². The molecule has 0 radical (unpaired) electrons. The summed E-state index contributed by atoms with van der Waals surface area (Å²) in [5.74, 6) is 0.853. The summed E-state index contributed by atoms with van der Waals surface area (Å²) >= 11 is 6.40. The van der Waals surface area contributed by atoms with E-state index >= 15 is 0 Å². The molecule has 5 nitrogen and oxygen atoms in total. The molecule has 0 fully saturated rings. The first-order valence-electron chi connectivity index (χ1n) is 8.86. The number of para-hydroxylation sites is 2. The van der Waals surface area contributed by atoms with Crippen molar-refractivity contribution in [2.45, 2.75) is 40.7 Å². The van der Waals surface area contributed by atoms with Gasteiger partial charge in [-0.15, -0.1) is 0 Å². The van der Waals surface area contributed by atoms with Gasteiger partial charge in [-0.05, 0) is 37.5 Å². The van der Waals surface area contributed by atoms with E-state index in [4.69, 9.17) is 16.3 Å². The molecule has 1 aromatic heterocycles. The first-order valence-corrected chi connectivity index (χ1v) is 9.24. The molecule has 0 aliphatic heterocycles. The lowest BCUT2D eigenvalue weighted by molar-refractivity contribution is -0.111. The summed E-state index contributed by atoms with van der Waals surface area (Å²) in [5, 5.41) is 7.84. The van der Waals surface area contributed by atoms with Gasteiger partial charge in [-0.25, -0.2) is 0 Å². The maximum atomic E-state index is 12.3. The number of aromatic nitrogens is 2. The predicted molar refractivity (Wildman–Crippen MR) is 107 cm³/mol. The van der Waals surface area contributed by atoms with Crippen LogP contribution in [0.5, 0.6) is 5.75 Å². The van der Waals surface area contributed by atoms with Crippen LogP contribution >= 0.6 is 11.6 Å². The quantitative estimate of drug-likeness (QED) is 0.664. The number of carbonyl (C=O) groups excluding carboxylic acids is 1. The molecule has 0 aliphatic rings. The van der Waals surface area contributed by atoms with Crippen molar-refractivity contribution in [2.75, 3.05) is 11.9 Å². The lowest BCUT2D eigenvalue weighted by Crippen LogP contribution is -2.09. The fourth-order valence-electron chi connectivity index (χ4n) is 2.46. The highest BCUT2D eigenvalue weighted by molar-refractivity contribution is 6.31. The summed E-state index contributed by atoms with van der Waals surface area (Å²) in [7, 11) is 0. The first-order chi connectivity index (χ1) is 12.4. The van der Waals surface area contributed by atoms with Crippen LogP contribution in [0, 0.1) is 12.8 Å². The Labute approximate surface area is 160 Å². The molecule has 0 saturated carbocycles. The number of rotatable bonds is 8. The van der Waals surface area contributed by atoms with Gasteiger partial charge in [0, 0.05) is 18.2 Å². The molecule has 0 atom stereocenters. The van der Waals surface area contributed by atoms with Gasteiger partial charge in [0.05, 0.1) is 18.0 Å². The summed E-state index contributed by atoms with van der Waals surface area (Å²) in [5.41, 5.74) is 2.21. The van der Waals surface area contributed by atoms with E-state index in [-0.39, 0.29) is 5.91 Å². The molecule has 0 spiro atoms. The molecule has 1 amide bonds. The van der Waals surface area contributed by atoms with E-state index in [0.29, 0.717) is 29.1 Å². The minimum Gasteiger partial charge on any atom is -0.491 e. The van der Waals surface area contributed by atoms with Gasteiger partial charge in [-0.2, -0.15) is 5.10 Å². The maximum absolute atomic E-state index is 12.3. The van der Waals surface area contributed by atoms with Crippen molar-refractivity contribution in [2.24, 2.45) is 5.92 Å². The largest absolute Gasteiger partial charge is 0.491 e. The number of aryl methyl sites for hydroxylation is 1. The molecule has 0 aliphatic carbocycles. The average molecular weight is 376 g/mol. The summed E-state index contributed by atoms with van der Waals surface area (Å²) in [4.78, 5) is 12.3. The Morgan fingerprint density at radius 1 is 1.38 bits per heavy atom. The Morgan fingerprint density at radius 2 is 2.12 bits per heavy atom. The molecule has 140 valence electrons. The SMILES string of the molecule is CCCOc1ccccc1NC(=O)/C=C/c1c(C)nn(CC(C)C)c1Cl. The van der Waals surface area contributed by atoms with E-state index in [1.807, 2.05) is 38.1 Å². The van der Waals surface area contributed by atoms with E-state index in [0.717, 1.165) is 24.2 Å². The monoisotopic (exact) mass is 375 g/mol. The molecule has 2 aromatic rings. The van der Waals surface area contributed by atoms with Gasteiger partial charge in [-0.3, -0.25) is 9.48 Å². The number of hydrogen-bond donors (Lipinski definition) is 1. The highest BCUT2D eigenvalue weighted by Gasteiger charge is 2.12. The van der Waals surface area contributed by atoms with Crippen molar-refractivity contribution in [3.63, 3.8) is 0 Å². The van der Waals surface area contributed by atoms with E-state index in [1.54, 1.807) is 10.8 Å². The third-order valence-corrected chi connectivity index (χ3v) is 4.05. The van der Waals surface area contributed by atoms with Crippen LogP contribution in [0.1, 0.15) is 38.4 Å². The molecule has 0 unspecified atom stereocenters. The van der Waals surface area contributed by atoms with E-state index < -0.39 is 0 Å². The van der Waals surface area contributed by atoms with Crippen LogP contribution in [0.15, 0.2) is 30.3 Å². The number of nitrogens with zero attached hydrogens (tertiary/aromatic N) is 2. The predicted octanol–water partition coefficient (Wildman–Crippen LogP) is 4.94. The summed E-state index contributed by atoms with van der Waals surface area (Å²) in [6.45, 7) is 9.47. The number of nitrogens with one attached hydrogen (secondary N) is 1. The number of ether oxygens (including phenoxy) is 1. The highest BCUT2D eigenvalue weighted by Crippen LogP contribution is 2.25. The minimum absolute atomic E-state index is 0.246. The second kappa shape index (κ2) is 9.43. The topological polar surface area (TPSA) is 56.1 Å². The van der Waals surface area contributed by atoms with Gasteiger partial charge < -0.3 is 10.1 Å². The van der Waals surface area contributed by atoms with Crippen molar-refractivity contribution in [1.29, 1.82) is 0 Å². The number of halogens is 1. The van der Waals surface area contributed by atoms with Crippen LogP contribution in [0.2, 0.25) is 5.15 Å². The Bertz CT molecular complexity index is 781. The Hall–Kier alpha value is -2.27. The first kappa shape index (κ1) is 20.0. The molecular weight excluding hydrogens is 350 g/mol. The molecule has 1 heterocycles. The Kier molecular flexibility index (Phi) is 7.27. The molecule has 2 rings (SSSR count). The van der Waals surface area contributed by atoms with Gasteiger partial charge in [0.2, 0.25) is 5.91 Å². The standard InChI is InChI=1S/C20H26ClN3O2/c1-5-12-26-18-9-7-6-8-17(18)22-19(25)11-10-16-15(4)23-24(20(16)21)13-14(2)3/h6-11,14H,5,12-13H2,1-4H3,(H,22,25)/b11-10+. The number of hydrogen-bond acceptors (Lipinski definition) is 3. The molecule has 1 aromatic carbocycles. The molecule has 0 bridgehead atoms. The van der Waals surface area contributed by atoms with Crippen LogP contribution in [0.3, 0.4) is 0 Å². The molecule has 6 heteroatoms. The van der Waals surface area contributed by atoms with Gasteiger partial charge >= 0.3 is 0 Å². The smallest absolute Gasteiger partial charge is 0.248 e. The third-order valence-electron chi connectivity index (χ3n) is 3.66. The van der Waals surface area contributed by atoms with Gasteiger partial charge in [0.15, 0.2) is 0 Å². The van der Waals surface area contributed by atoms with E-state index in [2.05, 4.69) is 24.3 Å². The molecule has 0 saturated heterocycles. The van der Waals surface area contributed by atoms with Crippen molar-refractivity contribution >= 4 is 29.3 Å². The van der Waals surface area contributed by atoms with Crippen LogP contribution in [-0.4, -0.2) is 22.3 Å². The summed E-state index contributed by atoms with van der Waals surface area (Å²) < 4.78 is 7.43. The third kappa shape index (κ3) is 5.36. The minimum atomic E-state index is -0.246. The Balaban J connectivity index is 2.10. The van der Waals surface area contributed by atoms with Crippen LogP contribution in [0.25, 0.3) is 6.08 Å².